The zero-order valence-electron chi connectivity index (χ0n) is 10.4. The summed E-state index contributed by atoms with van der Waals surface area (Å²) in [7, 11) is 0. The highest BCUT2D eigenvalue weighted by Crippen LogP contribution is 2.35. The van der Waals surface area contributed by atoms with Crippen molar-refractivity contribution < 1.29 is 4.74 Å². The van der Waals surface area contributed by atoms with Gasteiger partial charge < -0.3 is 4.74 Å². The molecule has 0 aromatic carbocycles. The molecule has 1 aliphatic rings. The summed E-state index contributed by atoms with van der Waals surface area (Å²) in [6.07, 6.45) is 6.24. The van der Waals surface area contributed by atoms with Gasteiger partial charge in [0, 0.05) is 12.6 Å². The van der Waals surface area contributed by atoms with Crippen LogP contribution in [-0.2, 0) is 4.74 Å². The molecule has 1 fully saturated rings. The first-order valence-corrected chi connectivity index (χ1v) is 6.26. The molecule has 0 amide bonds. The minimum atomic E-state index is -0.113. The summed E-state index contributed by atoms with van der Waals surface area (Å²) in [6, 6.07) is 0.281. The highest BCUT2D eigenvalue weighted by Gasteiger charge is 2.33. The van der Waals surface area contributed by atoms with Crippen LogP contribution in [0.25, 0.3) is 0 Å². The highest BCUT2D eigenvalue weighted by atomic mass is 16.5. The van der Waals surface area contributed by atoms with Gasteiger partial charge in [0.05, 0.1) is 5.60 Å². The molecular formula is C12H26N2O. The molecule has 0 spiro atoms. The predicted molar refractivity (Wildman–Crippen MR) is 63.4 cm³/mol. The lowest BCUT2D eigenvalue weighted by atomic mass is 9.89. The maximum atomic E-state index is 5.84. The molecule has 3 heteroatoms. The van der Waals surface area contributed by atoms with Gasteiger partial charge in [0.25, 0.3) is 0 Å². The maximum Gasteiger partial charge on any atom is 0.0817 e. The van der Waals surface area contributed by atoms with Crippen molar-refractivity contribution in [3.05, 3.63) is 0 Å². The number of ether oxygens (including phenoxy) is 1. The van der Waals surface area contributed by atoms with Crippen LogP contribution in [0.4, 0.5) is 0 Å². The summed E-state index contributed by atoms with van der Waals surface area (Å²) < 4.78 is 5.84. The molecule has 0 aliphatic heterocycles. The van der Waals surface area contributed by atoms with E-state index in [1.807, 2.05) is 6.92 Å². The van der Waals surface area contributed by atoms with Gasteiger partial charge in [0.1, 0.15) is 0 Å². The van der Waals surface area contributed by atoms with Crippen molar-refractivity contribution in [3.8, 4) is 0 Å². The van der Waals surface area contributed by atoms with Crippen LogP contribution >= 0.6 is 0 Å². The molecule has 2 unspecified atom stereocenters. The van der Waals surface area contributed by atoms with E-state index in [4.69, 9.17) is 10.6 Å². The Bertz CT molecular complexity index is 182. The Morgan fingerprint density at radius 2 is 2.13 bits per heavy atom. The van der Waals surface area contributed by atoms with Crippen LogP contribution in [0, 0.1) is 5.92 Å². The van der Waals surface area contributed by atoms with E-state index in [-0.39, 0.29) is 11.6 Å². The van der Waals surface area contributed by atoms with Gasteiger partial charge in [0.15, 0.2) is 0 Å². The van der Waals surface area contributed by atoms with Crippen LogP contribution in [0.3, 0.4) is 0 Å². The predicted octanol–water partition coefficient (Wildman–Crippen LogP) is 2.21. The standard InChI is InChI=1S/C12H26N2O/c1-4-12(3,15-5-2)11(14-13)9-8-10-6-7-10/h10-11,14H,4-9,13H2,1-3H3. The molecule has 3 N–H and O–H groups in total. The van der Waals surface area contributed by atoms with E-state index in [0.29, 0.717) is 0 Å². The number of nitrogens with one attached hydrogen (secondary N) is 1. The lowest BCUT2D eigenvalue weighted by molar-refractivity contribution is -0.0576. The zero-order chi connectivity index (χ0) is 11.3. The van der Waals surface area contributed by atoms with E-state index < -0.39 is 0 Å². The molecule has 0 saturated heterocycles. The molecule has 0 bridgehead atoms. The summed E-state index contributed by atoms with van der Waals surface area (Å²) in [5.41, 5.74) is 2.82. The van der Waals surface area contributed by atoms with Crippen molar-refractivity contribution in [1.82, 2.24) is 5.43 Å². The molecule has 0 aromatic heterocycles. The van der Waals surface area contributed by atoms with E-state index >= 15 is 0 Å². The molecule has 0 heterocycles. The van der Waals surface area contributed by atoms with Crippen molar-refractivity contribution in [1.29, 1.82) is 0 Å². The molecule has 0 radical (unpaired) electrons. The quantitative estimate of drug-likeness (QED) is 0.481. The van der Waals surface area contributed by atoms with Crippen LogP contribution in [0.2, 0.25) is 0 Å². The second kappa shape index (κ2) is 5.83. The molecular weight excluding hydrogens is 188 g/mol. The molecule has 0 aromatic rings. The van der Waals surface area contributed by atoms with Crippen molar-refractivity contribution >= 4 is 0 Å². The van der Waals surface area contributed by atoms with Crippen molar-refractivity contribution in [2.45, 2.75) is 64.5 Å². The first-order chi connectivity index (χ1) is 7.16. The van der Waals surface area contributed by atoms with Gasteiger partial charge in [-0.15, -0.1) is 0 Å². The number of nitrogens with two attached hydrogens (primary N) is 1. The molecule has 1 aliphatic carbocycles. The van der Waals surface area contributed by atoms with Crippen LogP contribution in [-0.4, -0.2) is 18.2 Å². The Hall–Kier alpha value is -0.120. The van der Waals surface area contributed by atoms with Gasteiger partial charge in [-0.1, -0.05) is 19.8 Å². The van der Waals surface area contributed by atoms with E-state index in [1.54, 1.807) is 0 Å². The maximum absolute atomic E-state index is 5.84. The smallest absolute Gasteiger partial charge is 0.0817 e. The minimum Gasteiger partial charge on any atom is -0.374 e. The Morgan fingerprint density at radius 3 is 2.53 bits per heavy atom. The fourth-order valence-corrected chi connectivity index (χ4v) is 2.15. The van der Waals surface area contributed by atoms with Gasteiger partial charge in [-0.05, 0) is 39.0 Å². The lowest BCUT2D eigenvalue weighted by Crippen LogP contribution is -2.53. The SMILES string of the molecule is CCOC(C)(CC)C(CCC1CC1)NN. The number of hydrazine groups is 1. The Kier molecular flexibility index (Phi) is 5.03. The van der Waals surface area contributed by atoms with Gasteiger partial charge in [-0.25, -0.2) is 0 Å². The molecule has 1 saturated carbocycles. The highest BCUT2D eigenvalue weighted by molar-refractivity contribution is 4.89. The van der Waals surface area contributed by atoms with E-state index in [2.05, 4.69) is 19.3 Å². The van der Waals surface area contributed by atoms with Crippen molar-refractivity contribution in [3.63, 3.8) is 0 Å². The molecule has 90 valence electrons. The molecule has 15 heavy (non-hydrogen) atoms. The lowest BCUT2D eigenvalue weighted by Gasteiger charge is -2.36. The van der Waals surface area contributed by atoms with Gasteiger partial charge in [-0.2, -0.15) is 0 Å². The fraction of sp³-hybridized carbons (Fsp3) is 1.00. The topological polar surface area (TPSA) is 47.3 Å². The summed E-state index contributed by atoms with van der Waals surface area (Å²) in [5, 5.41) is 0. The molecule has 2 atom stereocenters. The third kappa shape index (κ3) is 3.74. The minimum absolute atomic E-state index is 0.113. The van der Waals surface area contributed by atoms with Gasteiger partial charge >= 0.3 is 0 Å². The average molecular weight is 214 g/mol. The first-order valence-electron chi connectivity index (χ1n) is 6.26. The van der Waals surface area contributed by atoms with Gasteiger partial charge in [0.2, 0.25) is 0 Å². The van der Waals surface area contributed by atoms with Crippen LogP contribution in [0.5, 0.6) is 0 Å². The number of rotatable bonds is 8. The molecule has 3 nitrogen and oxygen atoms in total. The second-order valence-corrected chi connectivity index (χ2v) is 4.84. The van der Waals surface area contributed by atoms with E-state index in [0.717, 1.165) is 25.4 Å². The van der Waals surface area contributed by atoms with Crippen LogP contribution < -0.4 is 11.3 Å². The zero-order valence-corrected chi connectivity index (χ0v) is 10.4. The number of hydrogen-bond acceptors (Lipinski definition) is 3. The second-order valence-electron chi connectivity index (χ2n) is 4.84. The third-order valence-electron chi connectivity index (χ3n) is 3.67. The normalized spacial score (nSPS) is 22.4. The van der Waals surface area contributed by atoms with E-state index in [9.17, 15) is 0 Å². The van der Waals surface area contributed by atoms with Crippen LogP contribution in [0.1, 0.15) is 52.9 Å². The molecule has 1 rings (SSSR count). The van der Waals surface area contributed by atoms with E-state index in [1.165, 1.54) is 19.3 Å². The Balaban J connectivity index is 2.43. The summed E-state index contributed by atoms with van der Waals surface area (Å²) >= 11 is 0. The van der Waals surface area contributed by atoms with Crippen molar-refractivity contribution in [2.75, 3.05) is 6.61 Å². The third-order valence-corrected chi connectivity index (χ3v) is 3.67. The van der Waals surface area contributed by atoms with Crippen LogP contribution in [0.15, 0.2) is 0 Å². The van der Waals surface area contributed by atoms with Crippen molar-refractivity contribution in [2.24, 2.45) is 11.8 Å². The van der Waals surface area contributed by atoms with Gasteiger partial charge in [-0.3, -0.25) is 11.3 Å². The summed E-state index contributed by atoms with van der Waals surface area (Å²) in [6.45, 7) is 7.12. The fourth-order valence-electron chi connectivity index (χ4n) is 2.15. The first kappa shape index (κ1) is 12.9. The average Bonchev–Trinajstić information content (AvgIpc) is 3.03. The monoisotopic (exact) mass is 214 g/mol. The Labute approximate surface area is 93.7 Å². The summed E-state index contributed by atoms with van der Waals surface area (Å²) in [4.78, 5) is 0. The number of hydrogen-bond donors (Lipinski definition) is 2. The summed E-state index contributed by atoms with van der Waals surface area (Å²) in [5.74, 6) is 6.60. The Morgan fingerprint density at radius 1 is 1.47 bits per heavy atom. The largest absolute Gasteiger partial charge is 0.374 e.